The summed E-state index contributed by atoms with van der Waals surface area (Å²) in [5, 5.41) is 3.31. The SMILES string of the molecule is NCc1ccc(Nc2ccc(F)c(N3CCCC3)c2)cc1. The van der Waals surface area contributed by atoms with Crippen molar-refractivity contribution in [1.82, 2.24) is 0 Å². The van der Waals surface area contributed by atoms with Crippen LogP contribution in [0.1, 0.15) is 18.4 Å². The summed E-state index contributed by atoms with van der Waals surface area (Å²) in [6.07, 6.45) is 2.27. The van der Waals surface area contributed by atoms with Crippen LogP contribution in [0.3, 0.4) is 0 Å². The molecule has 1 saturated heterocycles. The van der Waals surface area contributed by atoms with Gasteiger partial charge in [-0.3, -0.25) is 0 Å². The summed E-state index contributed by atoms with van der Waals surface area (Å²) in [6, 6.07) is 13.1. The van der Waals surface area contributed by atoms with Crippen LogP contribution >= 0.6 is 0 Å². The number of rotatable bonds is 4. The van der Waals surface area contributed by atoms with E-state index in [9.17, 15) is 4.39 Å². The number of benzene rings is 2. The van der Waals surface area contributed by atoms with Crippen LogP contribution in [0.25, 0.3) is 0 Å². The molecule has 1 fully saturated rings. The standard InChI is InChI=1S/C17H20FN3/c18-16-8-7-15(11-17(16)21-9-1-2-10-21)20-14-5-3-13(12-19)4-6-14/h3-8,11,20H,1-2,9-10,12,19H2. The van der Waals surface area contributed by atoms with Crippen LogP contribution in [0.4, 0.5) is 21.5 Å². The molecule has 0 spiro atoms. The summed E-state index contributed by atoms with van der Waals surface area (Å²) in [4.78, 5) is 2.11. The van der Waals surface area contributed by atoms with Crippen molar-refractivity contribution in [1.29, 1.82) is 0 Å². The molecule has 0 radical (unpaired) electrons. The molecule has 0 atom stereocenters. The van der Waals surface area contributed by atoms with Crippen molar-refractivity contribution in [2.75, 3.05) is 23.3 Å². The summed E-state index contributed by atoms with van der Waals surface area (Å²) in [6.45, 7) is 2.41. The first-order chi connectivity index (χ1) is 10.3. The van der Waals surface area contributed by atoms with Crippen LogP contribution in [0, 0.1) is 5.82 Å². The van der Waals surface area contributed by atoms with Crippen molar-refractivity contribution in [3.05, 3.63) is 53.8 Å². The first kappa shape index (κ1) is 13.9. The van der Waals surface area contributed by atoms with Gasteiger partial charge in [-0.15, -0.1) is 0 Å². The van der Waals surface area contributed by atoms with Crippen LogP contribution in [0.15, 0.2) is 42.5 Å². The third-order valence-electron chi connectivity index (χ3n) is 3.87. The Labute approximate surface area is 124 Å². The van der Waals surface area contributed by atoms with Crippen LogP contribution in [-0.4, -0.2) is 13.1 Å². The van der Waals surface area contributed by atoms with Gasteiger partial charge < -0.3 is 16.0 Å². The van der Waals surface area contributed by atoms with Gasteiger partial charge in [0.05, 0.1) is 5.69 Å². The predicted molar refractivity (Wildman–Crippen MR) is 85.5 cm³/mol. The minimum atomic E-state index is -0.152. The molecule has 1 heterocycles. The molecular formula is C17H20FN3. The second-order valence-corrected chi connectivity index (χ2v) is 5.39. The number of anilines is 3. The van der Waals surface area contributed by atoms with Gasteiger partial charge in [-0.1, -0.05) is 12.1 Å². The second kappa shape index (κ2) is 6.14. The zero-order chi connectivity index (χ0) is 14.7. The highest BCUT2D eigenvalue weighted by Gasteiger charge is 2.16. The molecule has 0 amide bonds. The number of halogens is 1. The molecular weight excluding hydrogens is 265 g/mol. The smallest absolute Gasteiger partial charge is 0.146 e. The Morgan fingerprint density at radius 1 is 1.00 bits per heavy atom. The molecule has 0 bridgehead atoms. The molecule has 0 saturated carbocycles. The number of nitrogens with zero attached hydrogens (tertiary/aromatic N) is 1. The molecule has 1 aliphatic heterocycles. The predicted octanol–water partition coefficient (Wildman–Crippen LogP) is 3.63. The van der Waals surface area contributed by atoms with E-state index in [0.29, 0.717) is 12.2 Å². The first-order valence-corrected chi connectivity index (χ1v) is 7.37. The van der Waals surface area contributed by atoms with Crippen molar-refractivity contribution in [2.24, 2.45) is 5.73 Å². The van der Waals surface area contributed by atoms with E-state index in [0.717, 1.165) is 42.9 Å². The van der Waals surface area contributed by atoms with Crippen molar-refractivity contribution in [2.45, 2.75) is 19.4 Å². The van der Waals surface area contributed by atoms with E-state index >= 15 is 0 Å². The molecule has 3 nitrogen and oxygen atoms in total. The lowest BCUT2D eigenvalue weighted by Crippen LogP contribution is -2.19. The third-order valence-corrected chi connectivity index (χ3v) is 3.87. The van der Waals surface area contributed by atoms with Crippen molar-refractivity contribution >= 4 is 17.1 Å². The average molecular weight is 285 g/mol. The quantitative estimate of drug-likeness (QED) is 0.901. The van der Waals surface area contributed by atoms with Gasteiger partial charge in [0.25, 0.3) is 0 Å². The number of hydrogen-bond acceptors (Lipinski definition) is 3. The monoisotopic (exact) mass is 285 g/mol. The fraction of sp³-hybridized carbons (Fsp3) is 0.294. The Balaban J connectivity index is 1.79. The van der Waals surface area contributed by atoms with Crippen LogP contribution in [0.5, 0.6) is 0 Å². The van der Waals surface area contributed by atoms with Gasteiger partial charge in [0.1, 0.15) is 5.82 Å². The van der Waals surface area contributed by atoms with E-state index in [1.807, 2.05) is 30.3 Å². The molecule has 3 N–H and O–H groups in total. The van der Waals surface area contributed by atoms with E-state index in [-0.39, 0.29) is 5.82 Å². The number of hydrogen-bond donors (Lipinski definition) is 2. The molecule has 2 aromatic rings. The summed E-state index contributed by atoms with van der Waals surface area (Å²) < 4.78 is 14.0. The van der Waals surface area contributed by atoms with E-state index in [4.69, 9.17) is 5.73 Å². The van der Waals surface area contributed by atoms with E-state index in [2.05, 4.69) is 10.2 Å². The molecule has 0 aromatic heterocycles. The lowest BCUT2D eigenvalue weighted by Gasteiger charge is -2.19. The molecule has 3 rings (SSSR count). The number of nitrogens with two attached hydrogens (primary N) is 1. The Hall–Kier alpha value is -2.07. The zero-order valence-electron chi connectivity index (χ0n) is 12.0. The van der Waals surface area contributed by atoms with Crippen LogP contribution in [0.2, 0.25) is 0 Å². The molecule has 0 unspecified atom stereocenters. The molecule has 4 heteroatoms. The van der Waals surface area contributed by atoms with Gasteiger partial charge in [-0.2, -0.15) is 0 Å². The minimum absolute atomic E-state index is 0.152. The number of nitrogens with one attached hydrogen (secondary N) is 1. The van der Waals surface area contributed by atoms with Crippen molar-refractivity contribution in [3.8, 4) is 0 Å². The highest BCUT2D eigenvalue weighted by Crippen LogP contribution is 2.28. The fourth-order valence-electron chi connectivity index (χ4n) is 2.68. The van der Waals surface area contributed by atoms with E-state index < -0.39 is 0 Å². The molecule has 110 valence electrons. The van der Waals surface area contributed by atoms with Crippen molar-refractivity contribution in [3.63, 3.8) is 0 Å². The van der Waals surface area contributed by atoms with Gasteiger partial charge in [-0.25, -0.2) is 4.39 Å². The maximum Gasteiger partial charge on any atom is 0.146 e. The second-order valence-electron chi connectivity index (χ2n) is 5.39. The van der Waals surface area contributed by atoms with Crippen LogP contribution in [-0.2, 0) is 6.54 Å². The highest BCUT2D eigenvalue weighted by molar-refractivity contribution is 5.66. The average Bonchev–Trinajstić information content (AvgIpc) is 3.04. The molecule has 0 aliphatic carbocycles. The summed E-state index contributed by atoms with van der Waals surface area (Å²) >= 11 is 0. The first-order valence-electron chi connectivity index (χ1n) is 7.37. The van der Waals surface area contributed by atoms with E-state index in [1.54, 1.807) is 6.07 Å². The van der Waals surface area contributed by atoms with Gasteiger partial charge in [0, 0.05) is 31.0 Å². The van der Waals surface area contributed by atoms with Crippen molar-refractivity contribution < 1.29 is 4.39 Å². The molecule has 21 heavy (non-hydrogen) atoms. The third kappa shape index (κ3) is 3.16. The minimum Gasteiger partial charge on any atom is -0.369 e. The Morgan fingerprint density at radius 3 is 2.33 bits per heavy atom. The largest absolute Gasteiger partial charge is 0.369 e. The van der Waals surface area contributed by atoms with E-state index in [1.165, 1.54) is 6.07 Å². The maximum absolute atomic E-state index is 14.0. The Morgan fingerprint density at radius 2 is 1.67 bits per heavy atom. The molecule has 2 aromatic carbocycles. The van der Waals surface area contributed by atoms with Gasteiger partial charge in [-0.05, 0) is 48.7 Å². The summed E-state index contributed by atoms with van der Waals surface area (Å²) in [7, 11) is 0. The normalized spacial score (nSPS) is 14.5. The lowest BCUT2D eigenvalue weighted by molar-refractivity contribution is 0.623. The Kier molecular flexibility index (Phi) is 4.06. The Bertz CT molecular complexity index is 604. The van der Waals surface area contributed by atoms with Gasteiger partial charge in [0.2, 0.25) is 0 Å². The fourth-order valence-corrected chi connectivity index (χ4v) is 2.68. The maximum atomic E-state index is 14.0. The summed E-state index contributed by atoms with van der Waals surface area (Å²) in [5.41, 5.74) is 9.26. The molecule has 1 aliphatic rings. The zero-order valence-corrected chi connectivity index (χ0v) is 12.0. The van der Waals surface area contributed by atoms with Gasteiger partial charge >= 0.3 is 0 Å². The topological polar surface area (TPSA) is 41.3 Å². The summed E-state index contributed by atoms with van der Waals surface area (Å²) in [5.74, 6) is -0.152. The highest BCUT2D eigenvalue weighted by atomic mass is 19.1. The van der Waals surface area contributed by atoms with Crippen LogP contribution < -0.4 is 16.0 Å². The van der Waals surface area contributed by atoms with Gasteiger partial charge in [0.15, 0.2) is 0 Å². The lowest BCUT2D eigenvalue weighted by atomic mass is 10.2.